The van der Waals surface area contributed by atoms with Gasteiger partial charge in [-0.1, -0.05) is 35.3 Å². The van der Waals surface area contributed by atoms with Crippen LogP contribution < -0.4 is 0 Å². The van der Waals surface area contributed by atoms with Crippen molar-refractivity contribution in [3.63, 3.8) is 0 Å². The van der Waals surface area contributed by atoms with Crippen LogP contribution in [0.2, 0.25) is 10.0 Å². The van der Waals surface area contributed by atoms with Crippen LogP contribution in [0.5, 0.6) is 0 Å². The number of hydrogen-bond acceptors (Lipinski definition) is 2. The van der Waals surface area contributed by atoms with Gasteiger partial charge in [0.1, 0.15) is 5.82 Å². The van der Waals surface area contributed by atoms with Gasteiger partial charge in [0.15, 0.2) is 0 Å². The number of carbonyl (C=O) groups excluding carboxylic acids is 1. The molecule has 0 radical (unpaired) electrons. The van der Waals surface area contributed by atoms with Crippen LogP contribution in [0.4, 0.5) is 4.39 Å². The highest BCUT2D eigenvalue weighted by Gasteiger charge is 2.12. The summed E-state index contributed by atoms with van der Waals surface area (Å²) in [5, 5.41) is 0.743. The molecule has 5 heteroatoms. The molecule has 19 heavy (non-hydrogen) atoms. The molecular weight excluding hydrogens is 290 g/mol. The molecule has 0 aliphatic rings. The van der Waals surface area contributed by atoms with Gasteiger partial charge in [-0.2, -0.15) is 0 Å². The van der Waals surface area contributed by atoms with E-state index in [4.69, 9.17) is 23.2 Å². The molecular formula is C14H9Cl2FO2. The van der Waals surface area contributed by atoms with E-state index in [1.807, 2.05) is 0 Å². The van der Waals surface area contributed by atoms with Gasteiger partial charge in [0.25, 0.3) is 0 Å². The zero-order chi connectivity index (χ0) is 14.0. The van der Waals surface area contributed by atoms with Crippen LogP contribution >= 0.6 is 23.2 Å². The third kappa shape index (κ3) is 2.88. The lowest BCUT2D eigenvalue weighted by atomic mass is 10.0. The summed E-state index contributed by atoms with van der Waals surface area (Å²) in [6.45, 7) is 0. The summed E-state index contributed by atoms with van der Waals surface area (Å²) in [6, 6.07) is 8.94. The predicted molar refractivity (Wildman–Crippen MR) is 73.2 cm³/mol. The first-order valence-corrected chi connectivity index (χ1v) is 6.12. The van der Waals surface area contributed by atoms with E-state index < -0.39 is 11.8 Å². The van der Waals surface area contributed by atoms with Crippen molar-refractivity contribution in [1.82, 2.24) is 0 Å². The van der Waals surface area contributed by atoms with Crippen molar-refractivity contribution < 1.29 is 13.9 Å². The summed E-state index contributed by atoms with van der Waals surface area (Å²) in [7, 11) is 1.24. The standard InChI is InChI=1S/C14H9Cl2FO2/c1-19-14(18)9-2-4-10(13(17)7-9)8-3-5-11(15)12(16)6-8/h2-7H,1H3. The Labute approximate surface area is 119 Å². The van der Waals surface area contributed by atoms with Crippen molar-refractivity contribution in [3.8, 4) is 11.1 Å². The Hall–Kier alpha value is -1.58. The third-order valence-electron chi connectivity index (χ3n) is 2.62. The maximum atomic E-state index is 14.0. The Balaban J connectivity index is 2.46. The van der Waals surface area contributed by atoms with E-state index in [0.29, 0.717) is 21.2 Å². The Morgan fingerprint density at radius 2 is 1.84 bits per heavy atom. The van der Waals surface area contributed by atoms with Crippen molar-refractivity contribution in [1.29, 1.82) is 0 Å². The molecule has 98 valence electrons. The molecule has 0 heterocycles. The van der Waals surface area contributed by atoms with Crippen LogP contribution in [0, 0.1) is 5.82 Å². The highest BCUT2D eigenvalue weighted by Crippen LogP contribution is 2.30. The molecule has 2 rings (SSSR count). The molecule has 0 N–H and O–H groups in total. The van der Waals surface area contributed by atoms with E-state index in [1.54, 1.807) is 18.2 Å². The summed E-state index contributed by atoms with van der Waals surface area (Å²) < 4.78 is 18.5. The molecule has 2 aromatic rings. The highest BCUT2D eigenvalue weighted by atomic mass is 35.5. The van der Waals surface area contributed by atoms with Gasteiger partial charge in [-0.3, -0.25) is 0 Å². The normalized spacial score (nSPS) is 10.3. The molecule has 0 spiro atoms. The lowest BCUT2D eigenvalue weighted by molar-refractivity contribution is 0.0600. The first kappa shape index (κ1) is 13.8. The number of methoxy groups -OCH3 is 1. The number of rotatable bonds is 2. The fourth-order valence-corrected chi connectivity index (χ4v) is 1.96. The van der Waals surface area contributed by atoms with E-state index in [1.165, 1.54) is 19.2 Å². The van der Waals surface area contributed by atoms with E-state index in [0.717, 1.165) is 6.07 Å². The van der Waals surface area contributed by atoms with Gasteiger partial charge in [0.05, 0.1) is 22.7 Å². The summed E-state index contributed by atoms with van der Waals surface area (Å²) in [5.74, 6) is -1.11. The monoisotopic (exact) mass is 298 g/mol. The summed E-state index contributed by atoms with van der Waals surface area (Å²) in [6.07, 6.45) is 0. The number of hydrogen-bond donors (Lipinski definition) is 0. The van der Waals surface area contributed by atoms with Crippen LogP contribution in [-0.2, 0) is 4.74 Å². The van der Waals surface area contributed by atoms with Gasteiger partial charge in [-0.05, 0) is 29.8 Å². The van der Waals surface area contributed by atoms with Gasteiger partial charge in [0, 0.05) is 5.56 Å². The van der Waals surface area contributed by atoms with Crippen molar-refractivity contribution in [2.45, 2.75) is 0 Å². The minimum atomic E-state index is -0.584. The third-order valence-corrected chi connectivity index (χ3v) is 3.36. The number of carbonyl (C=O) groups is 1. The lowest BCUT2D eigenvalue weighted by Gasteiger charge is -2.06. The number of ether oxygens (including phenoxy) is 1. The average Bonchev–Trinajstić information content (AvgIpc) is 2.41. The van der Waals surface area contributed by atoms with Gasteiger partial charge < -0.3 is 4.74 Å². The van der Waals surface area contributed by atoms with Crippen LogP contribution in [-0.4, -0.2) is 13.1 Å². The van der Waals surface area contributed by atoms with Gasteiger partial charge >= 0.3 is 5.97 Å². The maximum Gasteiger partial charge on any atom is 0.337 e. The summed E-state index contributed by atoms with van der Waals surface area (Å²) in [5.41, 5.74) is 1.08. The second-order valence-electron chi connectivity index (χ2n) is 3.82. The summed E-state index contributed by atoms with van der Waals surface area (Å²) >= 11 is 11.7. The molecule has 2 aromatic carbocycles. The van der Waals surface area contributed by atoms with Crippen LogP contribution in [0.3, 0.4) is 0 Å². The fraction of sp³-hybridized carbons (Fsp3) is 0.0714. The molecule has 0 amide bonds. The van der Waals surface area contributed by atoms with Crippen molar-refractivity contribution in [2.75, 3.05) is 7.11 Å². The van der Waals surface area contributed by atoms with Crippen molar-refractivity contribution in [3.05, 3.63) is 57.8 Å². The molecule has 0 fully saturated rings. The molecule has 2 nitrogen and oxygen atoms in total. The summed E-state index contributed by atoms with van der Waals surface area (Å²) in [4.78, 5) is 11.3. The molecule has 0 saturated heterocycles. The number of esters is 1. The molecule has 0 aliphatic heterocycles. The predicted octanol–water partition coefficient (Wildman–Crippen LogP) is 4.59. The first-order valence-electron chi connectivity index (χ1n) is 5.36. The minimum absolute atomic E-state index is 0.156. The number of benzene rings is 2. The van der Waals surface area contributed by atoms with Crippen LogP contribution in [0.1, 0.15) is 10.4 Å². The molecule has 0 atom stereocenters. The average molecular weight is 299 g/mol. The SMILES string of the molecule is COC(=O)c1ccc(-c2ccc(Cl)c(Cl)c2)c(F)c1. The Morgan fingerprint density at radius 1 is 1.11 bits per heavy atom. The molecule has 0 bridgehead atoms. The Bertz CT molecular complexity index is 641. The largest absolute Gasteiger partial charge is 0.465 e. The smallest absolute Gasteiger partial charge is 0.337 e. The zero-order valence-corrected chi connectivity index (χ0v) is 11.4. The second-order valence-corrected chi connectivity index (χ2v) is 4.63. The Kier molecular flexibility index (Phi) is 4.08. The topological polar surface area (TPSA) is 26.3 Å². The van der Waals surface area contributed by atoms with Crippen molar-refractivity contribution in [2.24, 2.45) is 0 Å². The zero-order valence-electron chi connectivity index (χ0n) is 9.91. The van der Waals surface area contributed by atoms with E-state index >= 15 is 0 Å². The number of halogens is 3. The molecule has 0 aromatic heterocycles. The van der Waals surface area contributed by atoms with Gasteiger partial charge in [-0.15, -0.1) is 0 Å². The van der Waals surface area contributed by atoms with Crippen LogP contribution in [0.15, 0.2) is 36.4 Å². The fourth-order valence-electron chi connectivity index (χ4n) is 1.66. The van der Waals surface area contributed by atoms with E-state index in [9.17, 15) is 9.18 Å². The van der Waals surface area contributed by atoms with Gasteiger partial charge in [-0.25, -0.2) is 9.18 Å². The van der Waals surface area contributed by atoms with Crippen molar-refractivity contribution >= 4 is 29.2 Å². The van der Waals surface area contributed by atoms with E-state index in [2.05, 4.69) is 4.74 Å². The molecule has 0 aliphatic carbocycles. The lowest BCUT2D eigenvalue weighted by Crippen LogP contribution is -2.01. The first-order chi connectivity index (χ1) is 9.02. The van der Waals surface area contributed by atoms with Gasteiger partial charge in [0.2, 0.25) is 0 Å². The van der Waals surface area contributed by atoms with E-state index in [-0.39, 0.29) is 5.56 Å². The second kappa shape index (κ2) is 5.59. The molecule has 0 unspecified atom stereocenters. The Morgan fingerprint density at radius 3 is 2.42 bits per heavy atom. The maximum absolute atomic E-state index is 14.0. The highest BCUT2D eigenvalue weighted by molar-refractivity contribution is 6.42. The van der Waals surface area contributed by atoms with Crippen LogP contribution in [0.25, 0.3) is 11.1 Å². The minimum Gasteiger partial charge on any atom is -0.465 e. The quantitative estimate of drug-likeness (QED) is 0.758. The molecule has 0 saturated carbocycles.